The Hall–Kier alpha value is -1.57. The predicted molar refractivity (Wildman–Crippen MR) is 64.8 cm³/mol. The lowest BCUT2D eigenvalue weighted by Gasteiger charge is -2.39. The van der Waals surface area contributed by atoms with Gasteiger partial charge in [0.1, 0.15) is 0 Å². The molecule has 1 fully saturated rings. The first kappa shape index (κ1) is 11.9. The number of morpholine rings is 1. The van der Waals surface area contributed by atoms with Gasteiger partial charge in [-0.25, -0.2) is 0 Å². The van der Waals surface area contributed by atoms with Crippen molar-refractivity contribution < 1.29 is 9.84 Å². The highest BCUT2D eigenvalue weighted by Gasteiger charge is 2.25. The van der Waals surface area contributed by atoms with E-state index in [-0.39, 0.29) is 18.8 Å². The zero-order valence-corrected chi connectivity index (χ0v) is 9.84. The molecule has 1 aliphatic rings. The zero-order chi connectivity index (χ0) is 12.3. The van der Waals surface area contributed by atoms with Gasteiger partial charge < -0.3 is 14.7 Å². The van der Waals surface area contributed by atoms with E-state index in [4.69, 9.17) is 15.1 Å². The molecule has 4 nitrogen and oxygen atoms in total. The van der Waals surface area contributed by atoms with Crippen LogP contribution in [0.5, 0.6) is 0 Å². The van der Waals surface area contributed by atoms with E-state index in [1.165, 1.54) is 0 Å². The number of benzene rings is 1. The molecule has 4 heteroatoms. The highest BCUT2D eigenvalue weighted by atomic mass is 16.5. The normalized spacial score (nSPS) is 24.4. The lowest BCUT2D eigenvalue weighted by Crippen LogP contribution is -2.49. The molecule has 17 heavy (non-hydrogen) atoms. The van der Waals surface area contributed by atoms with Crippen LogP contribution in [0.3, 0.4) is 0 Å². The van der Waals surface area contributed by atoms with Gasteiger partial charge in [-0.1, -0.05) is 0 Å². The molecular weight excluding hydrogens is 216 g/mol. The van der Waals surface area contributed by atoms with Crippen molar-refractivity contribution in [3.05, 3.63) is 29.8 Å². The lowest BCUT2D eigenvalue weighted by molar-refractivity contribution is -0.0103. The number of aliphatic hydroxyl groups is 1. The van der Waals surface area contributed by atoms with Crippen LogP contribution in [0.1, 0.15) is 12.5 Å². The first-order valence-electron chi connectivity index (χ1n) is 5.74. The van der Waals surface area contributed by atoms with Gasteiger partial charge in [-0.3, -0.25) is 0 Å². The zero-order valence-electron chi connectivity index (χ0n) is 9.84. The van der Waals surface area contributed by atoms with Crippen LogP contribution in [0, 0.1) is 11.3 Å². The number of rotatable bonds is 2. The number of nitriles is 1. The Morgan fingerprint density at radius 1 is 1.47 bits per heavy atom. The lowest BCUT2D eigenvalue weighted by atomic mass is 10.1. The third-order valence-corrected chi connectivity index (χ3v) is 3.04. The summed E-state index contributed by atoms with van der Waals surface area (Å²) in [6.45, 7) is 3.43. The Bertz CT molecular complexity index is 410. The van der Waals surface area contributed by atoms with Gasteiger partial charge in [0.05, 0.1) is 31.0 Å². The average Bonchev–Trinajstić information content (AvgIpc) is 2.39. The van der Waals surface area contributed by atoms with E-state index in [1.54, 1.807) is 0 Å². The molecule has 1 aromatic carbocycles. The summed E-state index contributed by atoms with van der Waals surface area (Å²) >= 11 is 0. The average molecular weight is 232 g/mol. The number of hydrogen-bond acceptors (Lipinski definition) is 4. The summed E-state index contributed by atoms with van der Waals surface area (Å²) in [5, 5.41) is 17.9. The maximum absolute atomic E-state index is 9.13. The van der Waals surface area contributed by atoms with Gasteiger partial charge in [-0.2, -0.15) is 5.26 Å². The summed E-state index contributed by atoms with van der Waals surface area (Å²) < 4.78 is 5.49. The minimum Gasteiger partial charge on any atom is -0.394 e. The molecule has 0 spiro atoms. The van der Waals surface area contributed by atoms with Crippen molar-refractivity contribution in [2.24, 2.45) is 0 Å². The van der Waals surface area contributed by atoms with Crippen LogP contribution in [-0.4, -0.2) is 37.0 Å². The van der Waals surface area contributed by atoms with Crippen molar-refractivity contribution in [3.63, 3.8) is 0 Å². The fourth-order valence-corrected chi connectivity index (χ4v) is 2.02. The quantitative estimate of drug-likeness (QED) is 0.831. The molecule has 0 bridgehead atoms. The van der Waals surface area contributed by atoms with Crippen molar-refractivity contribution in [1.82, 2.24) is 0 Å². The first-order chi connectivity index (χ1) is 8.24. The number of aliphatic hydroxyl groups excluding tert-OH is 1. The minimum absolute atomic E-state index is 0.0412. The van der Waals surface area contributed by atoms with Crippen LogP contribution < -0.4 is 4.90 Å². The van der Waals surface area contributed by atoms with E-state index < -0.39 is 0 Å². The van der Waals surface area contributed by atoms with Gasteiger partial charge in [0, 0.05) is 18.3 Å². The molecule has 1 aliphatic heterocycles. The Morgan fingerprint density at radius 2 is 2.18 bits per heavy atom. The molecule has 0 saturated carbocycles. The molecule has 1 heterocycles. The molecule has 1 N–H and O–H groups in total. The van der Waals surface area contributed by atoms with Crippen molar-refractivity contribution >= 4 is 5.69 Å². The highest BCUT2D eigenvalue weighted by molar-refractivity contribution is 5.50. The summed E-state index contributed by atoms with van der Waals surface area (Å²) in [5.41, 5.74) is 1.73. The smallest absolute Gasteiger partial charge is 0.0991 e. The van der Waals surface area contributed by atoms with E-state index >= 15 is 0 Å². The topological polar surface area (TPSA) is 56.5 Å². The second kappa shape index (κ2) is 5.17. The SMILES string of the molecule is CC1COC(CO)CN1c1ccc(C#N)cc1. The summed E-state index contributed by atoms with van der Waals surface area (Å²) in [6, 6.07) is 9.89. The number of ether oxygens (including phenoxy) is 1. The Labute approximate surface area is 101 Å². The second-order valence-electron chi connectivity index (χ2n) is 4.30. The molecule has 90 valence electrons. The van der Waals surface area contributed by atoms with Gasteiger partial charge in [0.2, 0.25) is 0 Å². The third-order valence-electron chi connectivity index (χ3n) is 3.04. The maximum atomic E-state index is 9.13. The third kappa shape index (κ3) is 2.57. The van der Waals surface area contributed by atoms with Crippen LogP contribution in [0.4, 0.5) is 5.69 Å². The van der Waals surface area contributed by atoms with Crippen molar-refractivity contribution in [1.29, 1.82) is 5.26 Å². The second-order valence-corrected chi connectivity index (χ2v) is 4.30. The van der Waals surface area contributed by atoms with Gasteiger partial charge in [0.15, 0.2) is 0 Å². The van der Waals surface area contributed by atoms with E-state index in [0.29, 0.717) is 18.7 Å². The summed E-state index contributed by atoms with van der Waals surface area (Å²) in [7, 11) is 0. The van der Waals surface area contributed by atoms with E-state index in [0.717, 1.165) is 5.69 Å². The van der Waals surface area contributed by atoms with Crippen molar-refractivity contribution in [2.75, 3.05) is 24.7 Å². The first-order valence-corrected chi connectivity index (χ1v) is 5.74. The number of hydrogen-bond donors (Lipinski definition) is 1. The summed E-state index contributed by atoms with van der Waals surface area (Å²) in [6.07, 6.45) is -0.123. The maximum Gasteiger partial charge on any atom is 0.0991 e. The molecule has 2 rings (SSSR count). The van der Waals surface area contributed by atoms with E-state index in [9.17, 15) is 0 Å². The molecule has 1 aromatic rings. The molecule has 0 radical (unpaired) electrons. The van der Waals surface area contributed by atoms with Crippen LogP contribution >= 0.6 is 0 Å². The summed E-state index contributed by atoms with van der Waals surface area (Å²) in [5.74, 6) is 0. The molecular formula is C13H16N2O2. The summed E-state index contributed by atoms with van der Waals surface area (Å²) in [4.78, 5) is 2.20. The van der Waals surface area contributed by atoms with Crippen LogP contribution in [-0.2, 0) is 4.74 Å². The van der Waals surface area contributed by atoms with E-state index in [2.05, 4.69) is 17.9 Å². The van der Waals surface area contributed by atoms with Crippen molar-refractivity contribution in [3.8, 4) is 6.07 Å². The van der Waals surface area contributed by atoms with Gasteiger partial charge in [-0.05, 0) is 31.2 Å². The molecule has 0 aromatic heterocycles. The predicted octanol–water partition coefficient (Wildman–Crippen LogP) is 1.14. The number of nitrogens with zero attached hydrogens (tertiary/aromatic N) is 2. The van der Waals surface area contributed by atoms with E-state index in [1.807, 2.05) is 24.3 Å². The van der Waals surface area contributed by atoms with Gasteiger partial charge in [-0.15, -0.1) is 0 Å². The molecule has 0 aliphatic carbocycles. The highest BCUT2D eigenvalue weighted by Crippen LogP contribution is 2.22. The van der Waals surface area contributed by atoms with Gasteiger partial charge >= 0.3 is 0 Å². The standard InChI is InChI=1S/C13H16N2O2/c1-10-9-17-13(8-16)7-15(10)12-4-2-11(6-14)3-5-12/h2-5,10,13,16H,7-9H2,1H3. The van der Waals surface area contributed by atoms with Crippen LogP contribution in [0.25, 0.3) is 0 Å². The number of anilines is 1. The molecule has 1 saturated heterocycles. The Morgan fingerprint density at radius 3 is 2.76 bits per heavy atom. The minimum atomic E-state index is -0.123. The molecule has 2 unspecified atom stereocenters. The Balaban J connectivity index is 2.16. The molecule has 0 amide bonds. The van der Waals surface area contributed by atoms with Gasteiger partial charge in [0.25, 0.3) is 0 Å². The fraction of sp³-hybridized carbons (Fsp3) is 0.462. The monoisotopic (exact) mass is 232 g/mol. The molecule has 2 atom stereocenters. The Kier molecular flexibility index (Phi) is 3.62. The van der Waals surface area contributed by atoms with Crippen molar-refractivity contribution in [2.45, 2.75) is 19.1 Å². The fourth-order valence-electron chi connectivity index (χ4n) is 2.02. The van der Waals surface area contributed by atoms with Crippen LogP contribution in [0.2, 0.25) is 0 Å². The largest absolute Gasteiger partial charge is 0.394 e. The van der Waals surface area contributed by atoms with Crippen LogP contribution in [0.15, 0.2) is 24.3 Å².